The Morgan fingerprint density at radius 3 is 3.06 bits per heavy atom. The van der Waals surface area contributed by atoms with E-state index >= 15 is 0 Å². The highest BCUT2D eigenvalue weighted by Crippen LogP contribution is 2.22. The number of hydrogen-bond acceptors (Lipinski definition) is 3. The van der Waals surface area contributed by atoms with Crippen LogP contribution in [0, 0.1) is 5.92 Å². The van der Waals surface area contributed by atoms with Gasteiger partial charge in [0.25, 0.3) is 0 Å². The van der Waals surface area contributed by atoms with Crippen molar-refractivity contribution in [3.8, 4) is 0 Å². The molecule has 0 aromatic heterocycles. The van der Waals surface area contributed by atoms with Gasteiger partial charge in [-0.1, -0.05) is 22.0 Å². The Bertz CT molecular complexity index is 353. The number of rotatable bonds is 4. The fourth-order valence-corrected chi connectivity index (χ4v) is 2.64. The van der Waals surface area contributed by atoms with Crippen LogP contribution in [0.3, 0.4) is 0 Å². The molecule has 1 aliphatic heterocycles. The van der Waals surface area contributed by atoms with Crippen LogP contribution in [0.4, 0.5) is 5.69 Å². The van der Waals surface area contributed by atoms with E-state index < -0.39 is 0 Å². The van der Waals surface area contributed by atoms with Gasteiger partial charge in [0.2, 0.25) is 0 Å². The van der Waals surface area contributed by atoms with Crippen molar-refractivity contribution in [3.63, 3.8) is 0 Å². The third-order valence-corrected chi connectivity index (χ3v) is 3.69. The fraction of sp³-hybridized carbons (Fsp3) is 0.538. The van der Waals surface area contributed by atoms with Crippen LogP contribution >= 0.6 is 15.9 Å². The lowest BCUT2D eigenvalue weighted by atomic mass is 9.93. The van der Waals surface area contributed by atoms with Gasteiger partial charge in [0.1, 0.15) is 0 Å². The van der Waals surface area contributed by atoms with E-state index in [-0.39, 0.29) is 0 Å². The van der Waals surface area contributed by atoms with Crippen molar-refractivity contribution in [2.75, 3.05) is 25.1 Å². The number of halogens is 1. The minimum atomic E-state index is 0.296. The van der Waals surface area contributed by atoms with Crippen molar-refractivity contribution < 1.29 is 4.74 Å². The highest BCUT2D eigenvalue weighted by Gasteiger charge is 2.22. The first-order valence-electron chi connectivity index (χ1n) is 6.09. The Hall–Kier alpha value is -0.580. The summed E-state index contributed by atoms with van der Waals surface area (Å²) in [6, 6.07) is 8.48. The predicted octanol–water partition coefficient (Wildman–Crippen LogP) is 2.61. The van der Waals surface area contributed by atoms with Gasteiger partial charge in [-0.15, -0.1) is 0 Å². The Labute approximate surface area is 111 Å². The molecule has 1 fully saturated rings. The molecule has 0 spiro atoms. The van der Waals surface area contributed by atoms with Gasteiger partial charge in [-0.3, -0.25) is 0 Å². The second-order valence-electron chi connectivity index (χ2n) is 4.47. The Morgan fingerprint density at radius 2 is 2.41 bits per heavy atom. The van der Waals surface area contributed by atoms with Crippen LogP contribution in [-0.2, 0) is 4.74 Å². The molecular formula is C13H19BrN2O. The lowest BCUT2D eigenvalue weighted by molar-refractivity contribution is 0.0485. The van der Waals surface area contributed by atoms with Crippen molar-refractivity contribution in [2.24, 2.45) is 11.7 Å². The summed E-state index contributed by atoms with van der Waals surface area (Å²) in [4.78, 5) is 0. The van der Waals surface area contributed by atoms with E-state index in [2.05, 4.69) is 33.4 Å². The summed E-state index contributed by atoms with van der Waals surface area (Å²) in [5.41, 5.74) is 6.97. The molecular weight excluding hydrogens is 280 g/mol. The topological polar surface area (TPSA) is 47.3 Å². The second-order valence-corrected chi connectivity index (χ2v) is 5.39. The summed E-state index contributed by atoms with van der Waals surface area (Å²) >= 11 is 3.47. The van der Waals surface area contributed by atoms with Crippen molar-refractivity contribution in [1.29, 1.82) is 0 Å². The predicted molar refractivity (Wildman–Crippen MR) is 74.2 cm³/mol. The number of hydrogen-bond donors (Lipinski definition) is 2. The Balaban J connectivity index is 1.98. The SMILES string of the molecule is NCC(Nc1cccc(Br)c1)C1CCCOC1. The molecule has 0 amide bonds. The number of nitrogens with one attached hydrogen (secondary N) is 1. The number of ether oxygens (including phenoxy) is 1. The van der Waals surface area contributed by atoms with Crippen LogP contribution in [-0.4, -0.2) is 25.8 Å². The summed E-state index contributed by atoms with van der Waals surface area (Å²) < 4.78 is 6.60. The summed E-state index contributed by atoms with van der Waals surface area (Å²) in [6.45, 7) is 2.36. The molecule has 1 aromatic carbocycles. The van der Waals surface area contributed by atoms with E-state index in [1.165, 1.54) is 6.42 Å². The average Bonchev–Trinajstić information content (AvgIpc) is 2.37. The lowest BCUT2D eigenvalue weighted by Gasteiger charge is -2.30. The summed E-state index contributed by atoms with van der Waals surface area (Å²) in [5.74, 6) is 0.521. The largest absolute Gasteiger partial charge is 0.381 e. The van der Waals surface area contributed by atoms with Gasteiger partial charge in [0.05, 0.1) is 6.61 Å². The molecule has 0 bridgehead atoms. The molecule has 94 valence electrons. The maximum absolute atomic E-state index is 5.86. The van der Waals surface area contributed by atoms with Crippen molar-refractivity contribution in [2.45, 2.75) is 18.9 Å². The van der Waals surface area contributed by atoms with Gasteiger partial charge in [0.15, 0.2) is 0 Å². The average molecular weight is 299 g/mol. The number of benzene rings is 1. The lowest BCUT2D eigenvalue weighted by Crippen LogP contribution is -2.40. The zero-order chi connectivity index (χ0) is 12.1. The van der Waals surface area contributed by atoms with Crippen LogP contribution in [0.25, 0.3) is 0 Å². The van der Waals surface area contributed by atoms with E-state index in [1.54, 1.807) is 0 Å². The monoisotopic (exact) mass is 298 g/mol. The molecule has 2 atom stereocenters. The van der Waals surface area contributed by atoms with E-state index in [0.29, 0.717) is 18.5 Å². The van der Waals surface area contributed by atoms with Gasteiger partial charge >= 0.3 is 0 Å². The summed E-state index contributed by atoms with van der Waals surface area (Å²) in [7, 11) is 0. The Kier molecular flexibility index (Phi) is 4.83. The van der Waals surface area contributed by atoms with Gasteiger partial charge in [0, 0.05) is 35.3 Å². The maximum atomic E-state index is 5.86. The highest BCUT2D eigenvalue weighted by atomic mass is 79.9. The molecule has 0 aliphatic carbocycles. The van der Waals surface area contributed by atoms with Crippen LogP contribution in [0.5, 0.6) is 0 Å². The first-order chi connectivity index (χ1) is 8.29. The molecule has 2 rings (SSSR count). The molecule has 3 nitrogen and oxygen atoms in total. The number of anilines is 1. The molecule has 1 aliphatic rings. The smallest absolute Gasteiger partial charge is 0.0514 e. The standard InChI is InChI=1S/C13H19BrN2O/c14-11-4-1-5-12(7-11)16-13(8-15)10-3-2-6-17-9-10/h1,4-5,7,10,13,16H,2-3,6,8-9,15H2. The van der Waals surface area contributed by atoms with E-state index in [9.17, 15) is 0 Å². The van der Waals surface area contributed by atoms with Gasteiger partial charge in [-0.2, -0.15) is 0 Å². The van der Waals surface area contributed by atoms with Crippen LogP contribution in [0.2, 0.25) is 0 Å². The van der Waals surface area contributed by atoms with E-state index in [1.807, 2.05) is 12.1 Å². The Morgan fingerprint density at radius 1 is 1.53 bits per heavy atom. The fourth-order valence-electron chi connectivity index (χ4n) is 2.24. The van der Waals surface area contributed by atoms with Gasteiger partial charge in [-0.25, -0.2) is 0 Å². The molecule has 1 saturated heterocycles. The minimum absolute atomic E-state index is 0.296. The zero-order valence-corrected chi connectivity index (χ0v) is 11.4. The first-order valence-corrected chi connectivity index (χ1v) is 6.89. The van der Waals surface area contributed by atoms with Crippen LogP contribution in [0.1, 0.15) is 12.8 Å². The second kappa shape index (κ2) is 6.38. The molecule has 0 saturated carbocycles. The number of nitrogens with two attached hydrogens (primary N) is 1. The van der Waals surface area contributed by atoms with E-state index in [0.717, 1.165) is 29.8 Å². The molecule has 17 heavy (non-hydrogen) atoms. The summed E-state index contributed by atoms with van der Waals surface area (Å²) in [5, 5.41) is 3.50. The quantitative estimate of drug-likeness (QED) is 0.898. The molecule has 1 aromatic rings. The maximum Gasteiger partial charge on any atom is 0.0514 e. The van der Waals surface area contributed by atoms with Crippen LogP contribution in [0.15, 0.2) is 28.7 Å². The molecule has 2 unspecified atom stereocenters. The van der Waals surface area contributed by atoms with Gasteiger partial charge in [-0.05, 0) is 31.0 Å². The third-order valence-electron chi connectivity index (χ3n) is 3.20. The zero-order valence-electron chi connectivity index (χ0n) is 9.86. The molecule has 4 heteroatoms. The first kappa shape index (κ1) is 12.9. The molecule has 0 radical (unpaired) electrons. The van der Waals surface area contributed by atoms with E-state index in [4.69, 9.17) is 10.5 Å². The molecule has 1 heterocycles. The minimum Gasteiger partial charge on any atom is -0.381 e. The van der Waals surface area contributed by atoms with Crippen molar-refractivity contribution in [1.82, 2.24) is 0 Å². The third kappa shape index (κ3) is 3.69. The van der Waals surface area contributed by atoms with Crippen molar-refractivity contribution in [3.05, 3.63) is 28.7 Å². The molecule has 3 N–H and O–H groups in total. The van der Waals surface area contributed by atoms with Crippen LogP contribution < -0.4 is 11.1 Å². The van der Waals surface area contributed by atoms with Gasteiger partial charge < -0.3 is 15.8 Å². The normalized spacial score (nSPS) is 22.1. The van der Waals surface area contributed by atoms with Crippen molar-refractivity contribution >= 4 is 21.6 Å². The highest BCUT2D eigenvalue weighted by molar-refractivity contribution is 9.10. The summed E-state index contributed by atoms with van der Waals surface area (Å²) in [6.07, 6.45) is 2.34.